The monoisotopic (exact) mass is 294 g/mol. The first-order chi connectivity index (χ1) is 10.7. The van der Waals surface area contributed by atoms with Gasteiger partial charge in [0.2, 0.25) is 0 Å². The van der Waals surface area contributed by atoms with Crippen molar-refractivity contribution in [3.8, 4) is 11.1 Å². The maximum Gasteiger partial charge on any atom is 0.330 e. The molecule has 0 spiro atoms. The molecule has 0 saturated heterocycles. The molecule has 0 bridgehead atoms. The fraction of sp³-hybridized carbons (Fsp3) is 0.250. The number of aryl methyl sites for hydroxylation is 2. The molecule has 0 amide bonds. The van der Waals surface area contributed by atoms with Crippen LogP contribution < -0.4 is 0 Å². The minimum atomic E-state index is -0.333. The summed E-state index contributed by atoms with van der Waals surface area (Å²) in [5, 5.41) is 0. The lowest BCUT2D eigenvalue weighted by Gasteiger charge is -2.14. The van der Waals surface area contributed by atoms with Gasteiger partial charge in [-0.2, -0.15) is 0 Å². The van der Waals surface area contributed by atoms with E-state index in [1.54, 1.807) is 0 Å². The Bertz CT molecular complexity index is 684. The van der Waals surface area contributed by atoms with Crippen molar-refractivity contribution < 1.29 is 9.53 Å². The molecule has 0 saturated carbocycles. The Hall–Kier alpha value is -2.35. The summed E-state index contributed by atoms with van der Waals surface area (Å²) in [4.78, 5) is 11.4. The molecule has 0 aliphatic heterocycles. The topological polar surface area (TPSA) is 26.3 Å². The first-order valence-electron chi connectivity index (χ1n) is 7.67. The van der Waals surface area contributed by atoms with Gasteiger partial charge in [0.1, 0.15) is 0 Å². The summed E-state index contributed by atoms with van der Waals surface area (Å²) in [7, 11) is 1.39. The first kappa shape index (κ1) is 16.0. The van der Waals surface area contributed by atoms with Crippen LogP contribution in [0.3, 0.4) is 0 Å². The van der Waals surface area contributed by atoms with E-state index in [4.69, 9.17) is 4.74 Å². The van der Waals surface area contributed by atoms with Crippen molar-refractivity contribution in [2.75, 3.05) is 7.11 Å². The number of hydrogen-bond donors (Lipinski definition) is 0. The third-order valence-electron chi connectivity index (χ3n) is 3.85. The Morgan fingerprint density at radius 1 is 0.955 bits per heavy atom. The summed E-state index contributed by atoms with van der Waals surface area (Å²) < 4.78 is 4.71. The first-order valence-corrected chi connectivity index (χ1v) is 7.67. The van der Waals surface area contributed by atoms with Crippen LogP contribution >= 0.6 is 0 Å². The van der Waals surface area contributed by atoms with Crippen molar-refractivity contribution in [3.05, 3.63) is 65.2 Å². The van der Waals surface area contributed by atoms with Gasteiger partial charge >= 0.3 is 5.97 Å². The summed E-state index contributed by atoms with van der Waals surface area (Å²) in [6.45, 7) is 4.28. The Balaban J connectivity index is 2.60. The number of esters is 1. The van der Waals surface area contributed by atoms with Crippen LogP contribution in [0.2, 0.25) is 0 Å². The van der Waals surface area contributed by atoms with Crippen LogP contribution in [-0.4, -0.2) is 13.1 Å². The van der Waals surface area contributed by atoms with Gasteiger partial charge in [-0.25, -0.2) is 4.79 Å². The molecule has 0 N–H and O–H groups in total. The third-order valence-corrected chi connectivity index (χ3v) is 3.85. The predicted octanol–water partition coefficient (Wildman–Crippen LogP) is 4.66. The summed E-state index contributed by atoms with van der Waals surface area (Å²) >= 11 is 0. The highest BCUT2D eigenvalue weighted by Crippen LogP contribution is 2.31. The molecular weight excluding hydrogens is 272 g/mol. The van der Waals surface area contributed by atoms with Crippen molar-refractivity contribution >= 4 is 12.0 Å². The smallest absolute Gasteiger partial charge is 0.330 e. The molecule has 2 aromatic rings. The van der Waals surface area contributed by atoms with E-state index >= 15 is 0 Å². The molecule has 114 valence electrons. The van der Waals surface area contributed by atoms with Crippen LogP contribution in [0.1, 0.15) is 30.5 Å². The molecule has 0 unspecified atom stereocenters. The minimum Gasteiger partial charge on any atom is -0.466 e. The van der Waals surface area contributed by atoms with E-state index in [9.17, 15) is 4.79 Å². The van der Waals surface area contributed by atoms with Crippen LogP contribution in [-0.2, 0) is 22.4 Å². The van der Waals surface area contributed by atoms with E-state index < -0.39 is 0 Å². The van der Waals surface area contributed by atoms with Crippen molar-refractivity contribution in [2.24, 2.45) is 0 Å². The zero-order chi connectivity index (χ0) is 15.9. The van der Waals surface area contributed by atoms with Gasteiger partial charge in [0.25, 0.3) is 0 Å². The van der Waals surface area contributed by atoms with Gasteiger partial charge < -0.3 is 4.74 Å². The van der Waals surface area contributed by atoms with E-state index in [0.717, 1.165) is 24.0 Å². The molecule has 0 aliphatic carbocycles. The molecule has 0 aromatic heterocycles. The lowest BCUT2D eigenvalue weighted by molar-refractivity contribution is -0.134. The fourth-order valence-electron chi connectivity index (χ4n) is 2.66. The predicted molar refractivity (Wildman–Crippen MR) is 91.7 cm³/mol. The highest BCUT2D eigenvalue weighted by Gasteiger charge is 2.10. The number of benzene rings is 2. The molecular formula is C20H22O2. The van der Waals surface area contributed by atoms with Gasteiger partial charge in [0.05, 0.1) is 7.11 Å². The van der Waals surface area contributed by atoms with Crippen molar-refractivity contribution in [2.45, 2.75) is 26.7 Å². The zero-order valence-corrected chi connectivity index (χ0v) is 13.4. The third kappa shape index (κ3) is 3.45. The minimum absolute atomic E-state index is 0.333. The van der Waals surface area contributed by atoms with E-state index in [0.29, 0.717) is 0 Å². The number of carbonyl (C=O) groups is 1. The second-order valence-electron chi connectivity index (χ2n) is 5.10. The molecule has 0 atom stereocenters. The molecule has 0 fully saturated rings. The second-order valence-corrected chi connectivity index (χ2v) is 5.10. The molecule has 0 aliphatic rings. The highest BCUT2D eigenvalue weighted by molar-refractivity contribution is 5.90. The Morgan fingerprint density at radius 3 is 2.27 bits per heavy atom. The Morgan fingerprint density at radius 2 is 1.59 bits per heavy atom. The summed E-state index contributed by atoms with van der Waals surface area (Å²) in [6.07, 6.45) is 5.26. The zero-order valence-electron chi connectivity index (χ0n) is 13.4. The van der Waals surface area contributed by atoms with Gasteiger partial charge in [-0.3, -0.25) is 0 Å². The fourth-order valence-corrected chi connectivity index (χ4v) is 2.66. The van der Waals surface area contributed by atoms with E-state index in [1.165, 1.54) is 29.9 Å². The highest BCUT2D eigenvalue weighted by atomic mass is 16.5. The SMILES string of the molecule is CCc1ccccc1-c1cccc(CC)c1/C=C/C(=O)OC. The van der Waals surface area contributed by atoms with E-state index in [1.807, 2.05) is 6.08 Å². The average molecular weight is 294 g/mol. The van der Waals surface area contributed by atoms with Crippen LogP contribution in [0.4, 0.5) is 0 Å². The lowest BCUT2D eigenvalue weighted by Crippen LogP contribution is -1.97. The van der Waals surface area contributed by atoms with Crippen LogP contribution in [0.25, 0.3) is 17.2 Å². The van der Waals surface area contributed by atoms with Gasteiger partial charge in [-0.05, 0) is 46.7 Å². The molecule has 2 heteroatoms. The number of carbonyl (C=O) groups excluding carboxylic acids is 1. The van der Waals surface area contributed by atoms with Crippen molar-refractivity contribution in [3.63, 3.8) is 0 Å². The van der Waals surface area contributed by atoms with Gasteiger partial charge in [0, 0.05) is 6.08 Å². The Kier molecular flexibility index (Phi) is 5.54. The van der Waals surface area contributed by atoms with E-state index in [2.05, 4.69) is 56.3 Å². The molecule has 2 rings (SSSR count). The lowest BCUT2D eigenvalue weighted by atomic mass is 9.90. The summed E-state index contributed by atoms with van der Waals surface area (Å²) in [5.41, 5.74) is 6.02. The quantitative estimate of drug-likeness (QED) is 0.592. The summed E-state index contributed by atoms with van der Waals surface area (Å²) in [6, 6.07) is 14.7. The molecule has 22 heavy (non-hydrogen) atoms. The standard InChI is InChI=1S/C20H22O2/c1-4-15-9-6-7-11-17(15)19-12-8-10-16(5-2)18(19)13-14-20(21)22-3/h6-14H,4-5H2,1-3H3/b14-13+. The Labute approximate surface area is 132 Å². The second kappa shape index (κ2) is 7.60. The van der Waals surface area contributed by atoms with Gasteiger partial charge in [-0.1, -0.05) is 56.3 Å². The van der Waals surface area contributed by atoms with Crippen LogP contribution in [0, 0.1) is 0 Å². The number of rotatable bonds is 5. The maximum atomic E-state index is 11.4. The average Bonchev–Trinajstić information content (AvgIpc) is 2.59. The van der Waals surface area contributed by atoms with Crippen molar-refractivity contribution in [1.82, 2.24) is 0 Å². The van der Waals surface area contributed by atoms with Gasteiger partial charge in [-0.15, -0.1) is 0 Å². The summed E-state index contributed by atoms with van der Waals surface area (Å²) in [5.74, 6) is -0.333. The van der Waals surface area contributed by atoms with Gasteiger partial charge in [0.15, 0.2) is 0 Å². The van der Waals surface area contributed by atoms with E-state index in [-0.39, 0.29) is 5.97 Å². The normalized spacial score (nSPS) is 10.9. The largest absolute Gasteiger partial charge is 0.466 e. The van der Waals surface area contributed by atoms with Crippen LogP contribution in [0.5, 0.6) is 0 Å². The number of ether oxygens (including phenoxy) is 1. The maximum absolute atomic E-state index is 11.4. The molecule has 2 nitrogen and oxygen atoms in total. The molecule has 0 heterocycles. The van der Waals surface area contributed by atoms with Crippen molar-refractivity contribution in [1.29, 1.82) is 0 Å². The number of hydrogen-bond acceptors (Lipinski definition) is 2. The van der Waals surface area contributed by atoms with Crippen LogP contribution in [0.15, 0.2) is 48.5 Å². The molecule has 0 radical (unpaired) electrons. The number of methoxy groups -OCH3 is 1. The molecule has 2 aromatic carbocycles.